The number of morpholine rings is 1. The molecule has 3 rings (SSSR count). The summed E-state index contributed by atoms with van der Waals surface area (Å²) < 4.78 is 18.8. The number of rotatable bonds is 11. The maximum atomic E-state index is 13.9. The van der Waals surface area contributed by atoms with Crippen LogP contribution in [0.2, 0.25) is 0 Å². The van der Waals surface area contributed by atoms with E-state index in [1.807, 2.05) is 63.8 Å². The third-order valence-corrected chi connectivity index (χ3v) is 7.20. The summed E-state index contributed by atoms with van der Waals surface area (Å²) in [6.45, 7) is 15.7. The van der Waals surface area contributed by atoms with Crippen LogP contribution >= 0.6 is 0 Å². The maximum absolute atomic E-state index is 13.9. The Morgan fingerprint density at radius 1 is 1.27 bits per heavy atom. The molecule has 1 aromatic heterocycles. The molecule has 0 bridgehead atoms. The minimum absolute atomic E-state index is 0.0734. The molecular formula is C32H42FN3O4. The van der Waals surface area contributed by atoms with Gasteiger partial charge in [-0.15, -0.1) is 0 Å². The summed E-state index contributed by atoms with van der Waals surface area (Å²) >= 11 is 0. The third kappa shape index (κ3) is 7.86. The number of nitrogens with zero attached hydrogens (tertiary/aromatic N) is 2. The molecule has 2 fully saturated rings. The Morgan fingerprint density at radius 3 is 2.50 bits per heavy atom. The summed E-state index contributed by atoms with van der Waals surface area (Å²) in [6.07, 6.45) is 9.07. The van der Waals surface area contributed by atoms with Gasteiger partial charge in [-0.05, 0) is 85.6 Å². The van der Waals surface area contributed by atoms with Gasteiger partial charge in [-0.3, -0.25) is 9.59 Å². The highest BCUT2D eigenvalue weighted by Gasteiger charge is 2.43. The molecule has 3 atom stereocenters. The molecule has 2 aliphatic rings. The fourth-order valence-electron chi connectivity index (χ4n) is 4.66. The number of aliphatic hydroxyl groups is 1. The fraction of sp³-hybridized carbons (Fsp3) is 0.469. The summed E-state index contributed by atoms with van der Waals surface area (Å²) in [5.74, 6) is -0.676. The van der Waals surface area contributed by atoms with Crippen molar-refractivity contribution in [3.8, 4) is 0 Å². The van der Waals surface area contributed by atoms with Crippen LogP contribution in [-0.4, -0.2) is 65.4 Å². The lowest BCUT2D eigenvalue weighted by Gasteiger charge is -2.29. The van der Waals surface area contributed by atoms with Crippen molar-refractivity contribution in [3.05, 3.63) is 76.1 Å². The molecule has 40 heavy (non-hydrogen) atoms. The monoisotopic (exact) mass is 551 g/mol. The summed E-state index contributed by atoms with van der Waals surface area (Å²) in [5.41, 5.74) is 5.23. The number of amides is 2. The SMILES string of the molecule is C=C(\C=C(C)/C(=C\C)C(=C/c1cnc(NC(=O)C2CC2F)cc1C)/C(=C/CC)C(=O)N1CCOCC1)C(O)CC. The molecular weight excluding hydrogens is 509 g/mol. The molecule has 2 N–H and O–H groups in total. The van der Waals surface area contributed by atoms with Crippen LogP contribution in [0.15, 0.2) is 64.9 Å². The molecule has 1 saturated carbocycles. The number of pyridine rings is 1. The second kappa shape index (κ2) is 14.3. The van der Waals surface area contributed by atoms with Gasteiger partial charge in [-0.1, -0.05) is 38.7 Å². The predicted octanol–water partition coefficient (Wildman–Crippen LogP) is 5.48. The van der Waals surface area contributed by atoms with Crippen molar-refractivity contribution in [2.45, 2.75) is 66.2 Å². The molecule has 0 radical (unpaired) electrons. The zero-order valence-corrected chi connectivity index (χ0v) is 24.3. The van der Waals surface area contributed by atoms with E-state index in [-0.39, 0.29) is 18.2 Å². The number of aromatic nitrogens is 1. The van der Waals surface area contributed by atoms with Gasteiger partial charge in [0.15, 0.2) is 0 Å². The molecule has 2 amide bonds. The average Bonchev–Trinajstić information content (AvgIpc) is 3.69. The second-order valence-electron chi connectivity index (χ2n) is 10.3. The van der Waals surface area contributed by atoms with Crippen LogP contribution in [0.4, 0.5) is 10.2 Å². The average molecular weight is 552 g/mol. The third-order valence-electron chi connectivity index (χ3n) is 7.20. The first-order valence-electron chi connectivity index (χ1n) is 14.0. The number of halogens is 1. The topological polar surface area (TPSA) is 91.8 Å². The molecule has 3 unspecified atom stereocenters. The summed E-state index contributed by atoms with van der Waals surface area (Å²) in [6, 6.07) is 1.75. The van der Waals surface area contributed by atoms with E-state index >= 15 is 0 Å². The van der Waals surface area contributed by atoms with Gasteiger partial charge in [0.05, 0.1) is 25.2 Å². The van der Waals surface area contributed by atoms with Crippen molar-refractivity contribution in [1.82, 2.24) is 9.88 Å². The van der Waals surface area contributed by atoms with Gasteiger partial charge in [0.2, 0.25) is 5.91 Å². The van der Waals surface area contributed by atoms with E-state index in [1.54, 1.807) is 12.3 Å². The van der Waals surface area contributed by atoms with Gasteiger partial charge in [0.25, 0.3) is 5.91 Å². The Morgan fingerprint density at radius 2 is 1.95 bits per heavy atom. The van der Waals surface area contributed by atoms with Crippen molar-refractivity contribution < 1.29 is 23.8 Å². The zero-order valence-electron chi connectivity index (χ0n) is 24.3. The summed E-state index contributed by atoms with van der Waals surface area (Å²) in [7, 11) is 0. The number of ether oxygens (including phenoxy) is 1. The lowest BCUT2D eigenvalue weighted by atomic mass is 9.88. The van der Waals surface area contributed by atoms with Crippen molar-refractivity contribution in [1.29, 1.82) is 0 Å². The smallest absolute Gasteiger partial charge is 0.254 e. The number of hydrogen-bond acceptors (Lipinski definition) is 5. The van der Waals surface area contributed by atoms with E-state index < -0.39 is 18.2 Å². The normalized spacial score (nSPS) is 21.2. The highest BCUT2D eigenvalue weighted by Crippen LogP contribution is 2.35. The fourth-order valence-corrected chi connectivity index (χ4v) is 4.66. The van der Waals surface area contributed by atoms with Gasteiger partial charge in [-0.2, -0.15) is 0 Å². The van der Waals surface area contributed by atoms with E-state index in [0.29, 0.717) is 56.1 Å². The Labute approximate surface area is 237 Å². The van der Waals surface area contributed by atoms with Crippen LogP contribution in [0.3, 0.4) is 0 Å². The number of carbonyl (C=O) groups excluding carboxylic acids is 2. The predicted molar refractivity (Wildman–Crippen MR) is 157 cm³/mol. The van der Waals surface area contributed by atoms with Crippen LogP contribution < -0.4 is 5.32 Å². The number of aliphatic hydroxyl groups excluding tert-OH is 1. The molecule has 0 aromatic carbocycles. The number of anilines is 1. The largest absolute Gasteiger partial charge is 0.388 e. The molecule has 216 valence electrons. The molecule has 1 aliphatic carbocycles. The molecule has 1 saturated heterocycles. The Balaban J connectivity index is 2.07. The molecule has 2 heterocycles. The van der Waals surface area contributed by atoms with Crippen LogP contribution in [0.25, 0.3) is 6.08 Å². The minimum Gasteiger partial charge on any atom is -0.388 e. The number of hydrogen-bond donors (Lipinski definition) is 2. The van der Waals surface area contributed by atoms with Gasteiger partial charge >= 0.3 is 0 Å². The van der Waals surface area contributed by atoms with Crippen LogP contribution in [0, 0.1) is 12.8 Å². The van der Waals surface area contributed by atoms with E-state index in [2.05, 4.69) is 16.9 Å². The highest BCUT2D eigenvalue weighted by atomic mass is 19.1. The molecule has 0 spiro atoms. The first kappa shape index (κ1) is 31.2. The van der Waals surface area contributed by atoms with Crippen molar-refractivity contribution in [3.63, 3.8) is 0 Å². The van der Waals surface area contributed by atoms with Gasteiger partial charge in [-0.25, -0.2) is 9.37 Å². The molecule has 1 aromatic rings. The lowest BCUT2D eigenvalue weighted by molar-refractivity contribution is -0.130. The van der Waals surface area contributed by atoms with E-state index in [4.69, 9.17) is 4.74 Å². The lowest BCUT2D eigenvalue weighted by Crippen LogP contribution is -2.41. The summed E-state index contributed by atoms with van der Waals surface area (Å²) in [5, 5.41) is 13.0. The number of nitrogens with one attached hydrogen (secondary N) is 1. The quantitative estimate of drug-likeness (QED) is 0.281. The van der Waals surface area contributed by atoms with E-state index in [0.717, 1.165) is 27.8 Å². The van der Waals surface area contributed by atoms with Crippen molar-refractivity contribution in [2.24, 2.45) is 5.92 Å². The minimum atomic E-state index is -1.08. The standard InChI is InChI=1S/C32H42FN3O4/c1-7-10-25(32(39)36-11-13-40-14-12-36)26(24(8-2)21(5)15-22(6)29(37)9-3)17-23-19-34-30(16-20(23)4)35-31(38)27-18-28(27)33/h8,10,15-17,19,27-29,37H,6-7,9,11-14,18H2,1-5H3,(H,34,35,38)/b21-15-,24-8+,25-10-,26-17-. The Hall–Kier alpha value is -3.36. The second-order valence-corrected chi connectivity index (χ2v) is 10.3. The molecule has 1 aliphatic heterocycles. The maximum Gasteiger partial charge on any atom is 0.254 e. The summed E-state index contributed by atoms with van der Waals surface area (Å²) in [4.78, 5) is 32.3. The van der Waals surface area contributed by atoms with Crippen LogP contribution in [0.5, 0.6) is 0 Å². The van der Waals surface area contributed by atoms with Crippen LogP contribution in [0.1, 0.15) is 58.1 Å². The molecule has 7 nitrogen and oxygen atoms in total. The van der Waals surface area contributed by atoms with Gasteiger partial charge in [0.1, 0.15) is 12.0 Å². The van der Waals surface area contributed by atoms with Gasteiger partial charge < -0.3 is 20.1 Å². The Kier molecular flexibility index (Phi) is 11.2. The number of carbonyl (C=O) groups is 2. The highest BCUT2D eigenvalue weighted by molar-refractivity contribution is 6.01. The van der Waals surface area contributed by atoms with Crippen LogP contribution in [-0.2, 0) is 14.3 Å². The Bertz CT molecular complexity index is 1240. The van der Waals surface area contributed by atoms with E-state index in [9.17, 15) is 19.1 Å². The van der Waals surface area contributed by atoms with Gasteiger partial charge in [0, 0.05) is 24.9 Å². The number of allylic oxidation sites excluding steroid dienone is 4. The number of alkyl halides is 1. The zero-order chi connectivity index (χ0) is 29.4. The van der Waals surface area contributed by atoms with Crippen molar-refractivity contribution in [2.75, 3.05) is 31.6 Å². The first-order valence-corrected chi connectivity index (χ1v) is 14.0. The molecule has 8 heteroatoms. The first-order chi connectivity index (χ1) is 19.1. The number of aryl methyl sites for hydroxylation is 1. The van der Waals surface area contributed by atoms with Crippen molar-refractivity contribution >= 4 is 23.7 Å². The van der Waals surface area contributed by atoms with E-state index in [1.165, 1.54) is 0 Å².